The molecular weight excluding hydrogens is 1090 g/mol. The molecule has 5 amide bonds. The molecule has 6 aliphatic rings. The number of carbonyl (C=O) groups excluding carboxylic acids is 7. The fourth-order valence-electron chi connectivity index (χ4n) is 13.4. The Morgan fingerprint density at radius 2 is 1.62 bits per heavy atom. The molecule has 8 rings (SSSR count). The maximum atomic E-state index is 17.9. The predicted molar refractivity (Wildman–Crippen MR) is 307 cm³/mol. The van der Waals surface area contributed by atoms with Crippen molar-refractivity contribution in [2.75, 3.05) is 30.4 Å². The third-order valence-corrected chi connectivity index (χ3v) is 18.0. The highest BCUT2D eigenvalue weighted by molar-refractivity contribution is 6.01. The number of amides is 5. The van der Waals surface area contributed by atoms with Crippen molar-refractivity contribution >= 4 is 52.7 Å². The Balaban J connectivity index is 0.755. The summed E-state index contributed by atoms with van der Waals surface area (Å²) in [6, 6.07) is 9.92. The molecule has 4 fully saturated rings. The number of unbranched alkanes of at least 4 members (excludes halogenated alkanes) is 1. The number of Topliss-reactive ketones (excluding diaryl/α,β-unsaturated/α-hetero) is 1. The van der Waals surface area contributed by atoms with E-state index in [4.69, 9.17) is 29.4 Å². The van der Waals surface area contributed by atoms with Gasteiger partial charge in [-0.15, -0.1) is 5.92 Å². The number of nitrogens with two attached hydrogens (primary N) is 1. The second-order valence-electron chi connectivity index (χ2n) is 24.0. The van der Waals surface area contributed by atoms with Gasteiger partial charge in [-0.05, 0) is 150 Å². The average molecular weight is 1170 g/mol. The van der Waals surface area contributed by atoms with E-state index < -0.39 is 119 Å². The fourth-order valence-corrected chi connectivity index (χ4v) is 13.4. The Bertz CT molecular complexity index is 2880. The van der Waals surface area contributed by atoms with Crippen LogP contribution >= 0.6 is 0 Å². The number of alkyl halides is 2. The fraction of sp³-hybridized carbons (Fsp3) is 0.603. The van der Waals surface area contributed by atoms with E-state index in [-0.39, 0.29) is 56.0 Å². The topological polar surface area (TPSA) is 272 Å². The number of hydrogen-bond acceptors (Lipinski definition) is 14. The third-order valence-electron chi connectivity index (χ3n) is 18.0. The van der Waals surface area contributed by atoms with Crippen LogP contribution in [0.25, 0.3) is 0 Å². The Labute approximate surface area is 490 Å². The van der Waals surface area contributed by atoms with Crippen molar-refractivity contribution in [2.45, 2.75) is 192 Å². The number of aliphatic hydroxyl groups is 1. The summed E-state index contributed by atoms with van der Waals surface area (Å²) < 4.78 is 64.2. The number of ketones is 2. The van der Waals surface area contributed by atoms with Gasteiger partial charge < -0.3 is 55.8 Å². The standard InChI is InChI=1S/C63H82F2N6O13/c1-7-15-54-83-52-32-45-46-31-48(64)47-30-42(72)27-28-60(47,5)62(46,65)50(73)33-61(45,6)63(52,84-54)51(74)35-80-44-25-23-41(24-26-44)70-59(79)82-34-39-19-21-40(22-20-39)69-56(76)38(4)68-58(78)55(37(2)3)71-57(77)49(66)18-13-14-29-67-53(75)36-81-43-16-11-9-8-10-12-17-43/h19-28,30,37-38,43,45-46,48-50,52,54-55,73H,7-11,13-16,18,29,31-36,66H2,1-6H3,(H,67,75)(H,68,78)(H,69,76)(H,70,79)(H,71,77)/t38-,43?,45-,46-,48-,49+,50-,52+,54?,55-,60-,61-,62-,63+/m0/s1. The van der Waals surface area contributed by atoms with E-state index >= 15 is 8.78 Å². The minimum Gasteiger partial charge on any atom is -0.486 e. The van der Waals surface area contributed by atoms with Crippen molar-refractivity contribution in [2.24, 2.45) is 34.3 Å². The van der Waals surface area contributed by atoms with Crippen molar-refractivity contribution in [1.82, 2.24) is 16.0 Å². The molecule has 8 N–H and O–H groups in total. The highest BCUT2D eigenvalue weighted by atomic mass is 19.1. The summed E-state index contributed by atoms with van der Waals surface area (Å²) in [6.45, 7) is 10.1. The lowest BCUT2D eigenvalue weighted by molar-refractivity contribution is -0.234. The lowest BCUT2D eigenvalue weighted by atomic mass is 9.44. The minimum absolute atomic E-state index is 0.0150. The number of carbonyl (C=O) groups is 7. The first-order valence-corrected chi connectivity index (χ1v) is 29.6. The molecule has 1 saturated heterocycles. The van der Waals surface area contributed by atoms with Gasteiger partial charge in [0.15, 0.2) is 23.3 Å². The first-order chi connectivity index (χ1) is 40.0. The number of hydrogen-bond donors (Lipinski definition) is 7. The van der Waals surface area contributed by atoms with Crippen LogP contribution in [0.1, 0.15) is 131 Å². The van der Waals surface area contributed by atoms with Crippen LogP contribution in [0.2, 0.25) is 0 Å². The van der Waals surface area contributed by atoms with Crippen LogP contribution in [0.15, 0.2) is 72.3 Å². The summed E-state index contributed by atoms with van der Waals surface area (Å²) in [5, 5.41) is 25.5. The Kier molecular flexibility index (Phi) is 20.6. The van der Waals surface area contributed by atoms with E-state index in [0.29, 0.717) is 61.3 Å². The molecule has 2 aromatic rings. The van der Waals surface area contributed by atoms with Crippen molar-refractivity contribution in [3.63, 3.8) is 0 Å². The SMILES string of the molecule is CCCC1O[C@@H]2C[C@H]3[C@@H]4C[C@H](F)C5=CC(=O)C=C[C@]5(C)[C@@]4(F)[C@@H](O)C[C@]3(C)[C@]2(C(=O)COc2ccc(NC(=O)OCc3ccc(NC(=O)[C@H](C)NC(=O)[C@@H](NC(=O)[C@H](N)CCCCNC(=O)COC4C#CCCCCC4)C(C)C)cc3)cc2)O1. The maximum absolute atomic E-state index is 17.9. The Hall–Kier alpha value is -6.57. The molecule has 14 atom stereocenters. The quantitative estimate of drug-likeness (QED) is 0.0407. The number of rotatable bonds is 24. The van der Waals surface area contributed by atoms with Gasteiger partial charge >= 0.3 is 6.09 Å². The number of anilines is 2. The second kappa shape index (κ2) is 27.2. The Morgan fingerprint density at radius 3 is 2.35 bits per heavy atom. The number of nitrogens with one attached hydrogen (secondary N) is 5. The number of benzene rings is 2. The molecule has 1 aliphatic heterocycles. The van der Waals surface area contributed by atoms with Gasteiger partial charge in [-0.3, -0.25) is 34.1 Å². The number of fused-ring (bicyclic) bond motifs is 7. The van der Waals surface area contributed by atoms with Crippen LogP contribution in [0.5, 0.6) is 5.75 Å². The second-order valence-corrected chi connectivity index (χ2v) is 24.0. The van der Waals surface area contributed by atoms with Crippen LogP contribution in [-0.4, -0.2) is 126 Å². The molecule has 5 aliphatic carbocycles. The van der Waals surface area contributed by atoms with Crippen molar-refractivity contribution in [3.05, 3.63) is 77.9 Å². The first-order valence-electron chi connectivity index (χ1n) is 29.6. The van der Waals surface area contributed by atoms with Crippen LogP contribution in [0.3, 0.4) is 0 Å². The van der Waals surface area contributed by atoms with Crippen molar-refractivity contribution in [3.8, 4) is 17.6 Å². The summed E-state index contributed by atoms with van der Waals surface area (Å²) >= 11 is 0. The maximum Gasteiger partial charge on any atom is 0.411 e. The van der Waals surface area contributed by atoms with Crippen molar-refractivity contribution < 1.29 is 71.1 Å². The van der Waals surface area contributed by atoms with Gasteiger partial charge in [0.2, 0.25) is 29.4 Å². The van der Waals surface area contributed by atoms with E-state index in [1.807, 2.05) is 6.92 Å². The summed E-state index contributed by atoms with van der Waals surface area (Å²) in [4.78, 5) is 91.7. The minimum atomic E-state index is -2.34. The largest absolute Gasteiger partial charge is 0.486 e. The smallest absolute Gasteiger partial charge is 0.411 e. The van der Waals surface area contributed by atoms with Crippen LogP contribution in [-0.2, 0) is 54.3 Å². The summed E-state index contributed by atoms with van der Waals surface area (Å²) in [7, 11) is 0. The zero-order valence-electron chi connectivity index (χ0n) is 48.9. The van der Waals surface area contributed by atoms with Gasteiger partial charge in [-0.1, -0.05) is 64.7 Å². The molecule has 2 unspecified atom stereocenters. The molecule has 21 heteroatoms. The van der Waals surface area contributed by atoms with Gasteiger partial charge in [-0.25, -0.2) is 13.6 Å². The molecule has 456 valence electrons. The van der Waals surface area contributed by atoms with Crippen molar-refractivity contribution in [1.29, 1.82) is 0 Å². The van der Waals surface area contributed by atoms with E-state index in [0.717, 1.165) is 38.2 Å². The van der Waals surface area contributed by atoms with Gasteiger partial charge in [0.1, 0.15) is 49.9 Å². The highest BCUT2D eigenvalue weighted by Gasteiger charge is 2.80. The molecule has 84 heavy (non-hydrogen) atoms. The Morgan fingerprint density at radius 1 is 0.893 bits per heavy atom. The van der Waals surface area contributed by atoms with E-state index in [1.165, 1.54) is 26.0 Å². The zero-order chi connectivity index (χ0) is 60.6. The molecular formula is C63H82F2N6O13. The number of ether oxygens (including phenoxy) is 5. The number of allylic oxidation sites excluding steroid dienone is 4. The predicted octanol–water partition coefficient (Wildman–Crippen LogP) is 7.14. The van der Waals surface area contributed by atoms with E-state index in [2.05, 4.69) is 38.4 Å². The van der Waals surface area contributed by atoms with Crippen LogP contribution in [0.4, 0.5) is 25.0 Å². The molecule has 3 saturated carbocycles. The normalized spacial score (nSPS) is 30.4. The molecule has 0 spiro atoms. The third kappa shape index (κ3) is 13.6. The summed E-state index contributed by atoms with van der Waals surface area (Å²) in [5.74, 6) is 1.77. The first kappa shape index (κ1) is 63.5. The highest BCUT2D eigenvalue weighted by Crippen LogP contribution is 2.72. The molecule has 0 bridgehead atoms. The summed E-state index contributed by atoms with van der Waals surface area (Å²) in [6.07, 6.45) is 5.21. The number of halogens is 2. The average Bonchev–Trinajstić information content (AvgIpc) is 1.41. The van der Waals surface area contributed by atoms with Crippen LogP contribution in [0, 0.1) is 40.4 Å². The zero-order valence-corrected chi connectivity index (χ0v) is 48.9. The monoisotopic (exact) mass is 1170 g/mol. The summed E-state index contributed by atoms with van der Waals surface area (Å²) in [5.41, 5.74) is 0.840. The number of aliphatic hydroxyl groups excluding tert-OH is 1. The van der Waals surface area contributed by atoms with Crippen LogP contribution < -0.4 is 37.1 Å². The van der Waals surface area contributed by atoms with E-state index in [1.54, 1.807) is 69.3 Å². The molecule has 19 nitrogen and oxygen atoms in total. The molecule has 0 radical (unpaired) electrons. The van der Waals surface area contributed by atoms with Gasteiger partial charge in [-0.2, -0.15) is 0 Å². The molecule has 1 heterocycles. The van der Waals surface area contributed by atoms with Gasteiger partial charge in [0.25, 0.3) is 0 Å². The lowest BCUT2D eigenvalue weighted by Gasteiger charge is -2.63. The van der Waals surface area contributed by atoms with E-state index in [9.17, 15) is 38.7 Å². The lowest BCUT2D eigenvalue weighted by Crippen LogP contribution is -2.71. The molecule has 0 aromatic heterocycles. The van der Waals surface area contributed by atoms with Gasteiger partial charge in [0.05, 0.1) is 18.2 Å². The molecule has 2 aromatic carbocycles. The van der Waals surface area contributed by atoms with Gasteiger partial charge in [0, 0.05) is 41.1 Å².